The minimum Gasteiger partial charge on any atom is -0.248 e. The van der Waals surface area contributed by atoms with E-state index in [2.05, 4.69) is 44.4 Å². The number of rotatable bonds is 5. The van der Waals surface area contributed by atoms with Gasteiger partial charge in [-0.3, -0.25) is 0 Å². The Morgan fingerprint density at radius 2 is 2.25 bits per heavy atom. The Bertz CT molecular complexity index is 257. The molecule has 0 aromatic heterocycles. The van der Waals surface area contributed by atoms with Crippen molar-refractivity contribution in [3.8, 4) is 0 Å². The molecular formula is C14H26N2. The maximum Gasteiger partial charge on any atom is 0.0396 e. The highest BCUT2D eigenvalue weighted by Crippen LogP contribution is 2.24. The van der Waals surface area contributed by atoms with Crippen LogP contribution in [0.1, 0.15) is 40.0 Å². The summed E-state index contributed by atoms with van der Waals surface area (Å²) in [5.41, 5.74) is 6.05. The topological polar surface area (TPSA) is 15.3 Å². The average molecular weight is 222 g/mol. The van der Waals surface area contributed by atoms with E-state index in [0.717, 1.165) is 13.1 Å². The summed E-state index contributed by atoms with van der Waals surface area (Å²) in [5, 5.41) is 2.29. The van der Waals surface area contributed by atoms with Crippen LogP contribution in [-0.2, 0) is 0 Å². The SMILES string of the molecule is C=C(C)CN1CC(CCCC)C(=C)C(C)N1. The zero-order valence-corrected chi connectivity index (χ0v) is 11.1. The van der Waals surface area contributed by atoms with Gasteiger partial charge in [0.15, 0.2) is 0 Å². The lowest BCUT2D eigenvalue weighted by atomic mass is 9.88. The average Bonchev–Trinajstić information content (AvgIpc) is 2.20. The predicted molar refractivity (Wildman–Crippen MR) is 71.1 cm³/mol. The normalized spacial score (nSPS) is 27.1. The highest BCUT2D eigenvalue weighted by molar-refractivity contribution is 5.12. The van der Waals surface area contributed by atoms with Crippen molar-refractivity contribution < 1.29 is 0 Å². The fourth-order valence-electron chi connectivity index (χ4n) is 2.31. The minimum absolute atomic E-state index is 0.398. The lowest BCUT2D eigenvalue weighted by Crippen LogP contribution is -2.53. The lowest BCUT2D eigenvalue weighted by molar-refractivity contribution is 0.125. The first-order valence-electron chi connectivity index (χ1n) is 6.38. The molecule has 2 atom stereocenters. The van der Waals surface area contributed by atoms with Crippen molar-refractivity contribution >= 4 is 0 Å². The molecule has 0 bridgehead atoms. The van der Waals surface area contributed by atoms with Gasteiger partial charge in [0, 0.05) is 19.1 Å². The molecular weight excluding hydrogens is 196 g/mol. The van der Waals surface area contributed by atoms with Gasteiger partial charge >= 0.3 is 0 Å². The monoisotopic (exact) mass is 222 g/mol. The second kappa shape index (κ2) is 6.21. The molecule has 92 valence electrons. The molecule has 1 heterocycles. The van der Waals surface area contributed by atoms with Crippen LogP contribution in [0.3, 0.4) is 0 Å². The molecule has 2 heteroatoms. The van der Waals surface area contributed by atoms with Crippen molar-refractivity contribution in [1.29, 1.82) is 0 Å². The molecule has 1 rings (SSSR count). The third-order valence-corrected chi connectivity index (χ3v) is 3.26. The van der Waals surface area contributed by atoms with Crippen LogP contribution in [0.4, 0.5) is 0 Å². The van der Waals surface area contributed by atoms with E-state index < -0.39 is 0 Å². The summed E-state index contributed by atoms with van der Waals surface area (Å²) >= 11 is 0. The maximum absolute atomic E-state index is 4.23. The fraction of sp³-hybridized carbons (Fsp3) is 0.714. The van der Waals surface area contributed by atoms with Crippen molar-refractivity contribution in [2.75, 3.05) is 13.1 Å². The van der Waals surface area contributed by atoms with E-state index in [9.17, 15) is 0 Å². The van der Waals surface area contributed by atoms with Crippen LogP contribution in [0.15, 0.2) is 24.3 Å². The Morgan fingerprint density at radius 3 is 2.81 bits per heavy atom. The maximum atomic E-state index is 4.23. The van der Waals surface area contributed by atoms with Crippen molar-refractivity contribution in [2.24, 2.45) is 5.92 Å². The smallest absolute Gasteiger partial charge is 0.0396 e. The Hall–Kier alpha value is -0.600. The molecule has 0 aromatic carbocycles. The van der Waals surface area contributed by atoms with Crippen molar-refractivity contribution in [3.63, 3.8) is 0 Å². The van der Waals surface area contributed by atoms with Crippen molar-refractivity contribution in [3.05, 3.63) is 24.3 Å². The van der Waals surface area contributed by atoms with Crippen LogP contribution in [0.5, 0.6) is 0 Å². The molecule has 0 amide bonds. The Kier molecular flexibility index (Phi) is 5.23. The number of nitrogens with one attached hydrogen (secondary N) is 1. The molecule has 1 N–H and O–H groups in total. The van der Waals surface area contributed by atoms with Gasteiger partial charge in [0.25, 0.3) is 0 Å². The molecule has 1 fully saturated rings. The molecule has 0 spiro atoms. The van der Waals surface area contributed by atoms with Crippen LogP contribution < -0.4 is 5.43 Å². The summed E-state index contributed by atoms with van der Waals surface area (Å²) < 4.78 is 0. The molecule has 0 aliphatic carbocycles. The molecule has 0 aromatic rings. The summed E-state index contributed by atoms with van der Waals surface area (Å²) in [4.78, 5) is 0. The standard InChI is InChI=1S/C14H26N2/c1-6-7-8-14-10-16(9-11(2)3)15-13(5)12(14)4/h13-15H,2,4,6-10H2,1,3,5H3. The summed E-state index contributed by atoms with van der Waals surface area (Å²) in [6.07, 6.45) is 3.84. The molecule has 0 radical (unpaired) electrons. The summed E-state index contributed by atoms with van der Waals surface area (Å²) in [6, 6.07) is 0.398. The van der Waals surface area contributed by atoms with E-state index in [1.54, 1.807) is 0 Å². The summed E-state index contributed by atoms with van der Waals surface area (Å²) in [7, 11) is 0. The molecule has 16 heavy (non-hydrogen) atoms. The van der Waals surface area contributed by atoms with Gasteiger partial charge in [0.2, 0.25) is 0 Å². The molecule has 2 unspecified atom stereocenters. The summed E-state index contributed by atoms with van der Waals surface area (Å²) in [6.45, 7) is 16.8. The van der Waals surface area contributed by atoms with Gasteiger partial charge in [-0.1, -0.05) is 44.1 Å². The number of nitrogens with zero attached hydrogens (tertiary/aromatic N) is 1. The second-order valence-corrected chi connectivity index (χ2v) is 5.10. The molecule has 1 saturated heterocycles. The lowest BCUT2D eigenvalue weighted by Gasteiger charge is -2.39. The number of hydrogen-bond donors (Lipinski definition) is 1. The quantitative estimate of drug-likeness (QED) is 0.719. The minimum atomic E-state index is 0.398. The summed E-state index contributed by atoms with van der Waals surface area (Å²) in [5.74, 6) is 0.649. The van der Waals surface area contributed by atoms with E-state index in [4.69, 9.17) is 0 Å². The van der Waals surface area contributed by atoms with Crippen LogP contribution in [0, 0.1) is 5.92 Å². The predicted octanol–water partition coefficient (Wildman–Crippen LogP) is 3.13. The largest absolute Gasteiger partial charge is 0.248 e. The van der Waals surface area contributed by atoms with E-state index in [-0.39, 0.29) is 0 Å². The third-order valence-electron chi connectivity index (χ3n) is 3.26. The first-order chi connectivity index (χ1) is 7.54. The van der Waals surface area contributed by atoms with E-state index in [1.807, 2.05) is 0 Å². The Balaban J connectivity index is 2.54. The number of unbranched alkanes of at least 4 members (excludes halogenated alkanes) is 1. The van der Waals surface area contributed by atoms with Gasteiger partial charge in [0.05, 0.1) is 0 Å². The highest BCUT2D eigenvalue weighted by Gasteiger charge is 2.26. The van der Waals surface area contributed by atoms with Crippen LogP contribution in [0.25, 0.3) is 0 Å². The van der Waals surface area contributed by atoms with Gasteiger partial charge in [-0.2, -0.15) is 0 Å². The zero-order valence-electron chi connectivity index (χ0n) is 11.1. The van der Waals surface area contributed by atoms with Gasteiger partial charge in [-0.25, -0.2) is 10.4 Å². The first kappa shape index (κ1) is 13.5. The Morgan fingerprint density at radius 1 is 1.56 bits per heavy atom. The number of hydrazine groups is 1. The molecule has 0 saturated carbocycles. The molecule has 1 aliphatic heterocycles. The van der Waals surface area contributed by atoms with E-state index in [1.165, 1.54) is 30.4 Å². The molecule has 2 nitrogen and oxygen atoms in total. The van der Waals surface area contributed by atoms with Gasteiger partial charge < -0.3 is 0 Å². The third kappa shape index (κ3) is 3.76. The number of hydrogen-bond acceptors (Lipinski definition) is 2. The van der Waals surface area contributed by atoms with Crippen molar-refractivity contribution in [2.45, 2.75) is 46.1 Å². The van der Waals surface area contributed by atoms with Crippen LogP contribution in [0.2, 0.25) is 0 Å². The highest BCUT2D eigenvalue weighted by atomic mass is 15.5. The van der Waals surface area contributed by atoms with E-state index >= 15 is 0 Å². The first-order valence-corrected chi connectivity index (χ1v) is 6.38. The zero-order chi connectivity index (χ0) is 12.1. The Labute approximate surface area is 100 Å². The van der Waals surface area contributed by atoms with Crippen molar-refractivity contribution in [1.82, 2.24) is 10.4 Å². The van der Waals surface area contributed by atoms with E-state index in [0.29, 0.717) is 12.0 Å². The van der Waals surface area contributed by atoms with Gasteiger partial charge in [-0.05, 0) is 26.2 Å². The second-order valence-electron chi connectivity index (χ2n) is 5.10. The van der Waals surface area contributed by atoms with Crippen LogP contribution >= 0.6 is 0 Å². The van der Waals surface area contributed by atoms with Gasteiger partial charge in [-0.15, -0.1) is 0 Å². The van der Waals surface area contributed by atoms with Crippen LogP contribution in [-0.4, -0.2) is 24.1 Å². The molecule has 1 aliphatic rings. The van der Waals surface area contributed by atoms with Gasteiger partial charge in [0.1, 0.15) is 0 Å². The fourth-order valence-corrected chi connectivity index (χ4v) is 2.31.